The predicted molar refractivity (Wildman–Crippen MR) is 76.9 cm³/mol. The van der Waals surface area contributed by atoms with E-state index in [1.807, 2.05) is 20.8 Å². The van der Waals surface area contributed by atoms with E-state index < -0.39 is 16.1 Å². The Morgan fingerprint density at radius 1 is 1.28 bits per heavy atom. The van der Waals surface area contributed by atoms with Crippen molar-refractivity contribution >= 4 is 27.2 Å². The molecular weight excluding hydrogens is 268 g/mol. The molecular formula is C12H18N2O2S2. The Bertz CT molecular complexity index is 522. The Morgan fingerprint density at radius 3 is 2.17 bits per heavy atom. The molecule has 0 amide bonds. The average Bonchev–Trinajstić information content (AvgIpc) is 2.26. The van der Waals surface area contributed by atoms with E-state index in [0.717, 1.165) is 5.56 Å². The molecule has 0 bridgehead atoms. The minimum absolute atomic E-state index is 0.00252. The summed E-state index contributed by atoms with van der Waals surface area (Å²) in [6.07, 6.45) is 0. The van der Waals surface area contributed by atoms with Crippen molar-refractivity contribution in [2.24, 2.45) is 11.7 Å². The van der Waals surface area contributed by atoms with Crippen LogP contribution in [0.1, 0.15) is 19.4 Å². The van der Waals surface area contributed by atoms with Gasteiger partial charge in [0, 0.05) is 0 Å². The van der Waals surface area contributed by atoms with Gasteiger partial charge in [-0.25, -0.2) is 13.1 Å². The number of hydrogen-bond donors (Lipinski definition) is 2. The summed E-state index contributed by atoms with van der Waals surface area (Å²) in [6.45, 7) is 5.62. The van der Waals surface area contributed by atoms with Crippen molar-refractivity contribution in [2.45, 2.75) is 31.7 Å². The molecule has 0 saturated heterocycles. The molecule has 6 heteroatoms. The van der Waals surface area contributed by atoms with Crippen molar-refractivity contribution in [2.75, 3.05) is 0 Å². The molecule has 0 aliphatic carbocycles. The zero-order valence-electron chi connectivity index (χ0n) is 10.7. The monoisotopic (exact) mass is 286 g/mol. The van der Waals surface area contributed by atoms with E-state index in [-0.39, 0.29) is 15.8 Å². The number of thiocarbonyl (C=S) groups is 1. The van der Waals surface area contributed by atoms with Gasteiger partial charge in [0.2, 0.25) is 10.0 Å². The van der Waals surface area contributed by atoms with Gasteiger partial charge in [0.25, 0.3) is 0 Å². The van der Waals surface area contributed by atoms with Crippen molar-refractivity contribution in [3.63, 3.8) is 0 Å². The lowest BCUT2D eigenvalue weighted by molar-refractivity contribution is 0.526. The minimum atomic E-state index is -3.58. The summed E-state index contributed by atoms with van der Waals surface area (Å²) in [6, 6.07) is 6.09. The summed E-state index contributed by atoms with van der Waals surface area (Å²) in [4.78, 5) is 0.371. The second-order valence-corrected chi connectivity index (χ2v) is 6.74. The van der Waals surface area contributed by atoms with Crippen LogP contribution >= 0.6 is 12.2 Å². The van der Waals surface area contributed by atoms with Crippen molar-refractivity contribution in [3.05, 3.63) is 29.8 Å². The SMILES string of the molecule is Cc1ccc(S(=O)(=O)NC(C(N)=S)C(C)C)cc1. The highest BCUT2D eigenvalue weighted by molar-refractivity contribution is 7.89. The lowest BCUT2D eigenvalue weighted by atomic mass is 10.1. The third-order valence-electron chi connectivity index (χ3n) is 2.59. The molecule has 1 aromatic rings. The van der Waals surface area contributed by atoms with Gasteiger partial charge in [0.15, 0.2) is 0 Å². The summed E-state index contributed by atoms with van der Waals surface area (Å²) in [5.41, 5.74) is 6.55. The van der Waals surface area contributed by atoms with Crippen molar-refractivity contribution in [3.8, 4) is 0 Å². The van der Waals surface area contributed by atoms with Crippen LogP contribution in [-0.4, -0.2) is 19.4 Å². The maximum atomic E-state index is 12.1. The van der Waals surface area contributed by atoms with Crippen molar-refractivity contribution in [1.82, 2.24) is 4.72 Å². The molecule has 100 valence electrons. The lowest BCUT2D eigenvalue weighted by Gasteiger charge is -2.20. The normalized spacial score (nSPS) is 13.6. The van der Waals surface area contributed by atoms with E-state index in [9.17, 15) is 8.42 Å². The summed E-state index contributed by atoms with van der Waals surface area (Å²) >= 11 is 4.88. The Morgan fingerprint density at radius 2 is 1.78 bits per heavy atom. The quantitative estimate of drug-likeness (QED) is 0.806. The first-order valence-corrected chi connectivity index (χ1v) is 7.51. The number of nitrogens with two attached hydrogens (primary N) is 1. The zero-order valence-corrected chi connectivity index (χ0v) is 12.3. The van der Waals surface area contributed by atoms with Gasteiger partial charge >= 0.3 is 0 Å². The van der Waals surface area contributed by atoms with Crippen LogP contribution in [-0.2, 0) is 10.0 Å². The Labute approximate surface area is 114 Å². The molecule has 1 atom stereocenters. The molecule has 0 radical (unpaired) electrons. The third-order valence-corrected chi connectivity index (χ3v) is 4.30. The van der Waals surface area contributed by atoms with Crippen LogP contribution < -0.4 is 10.5 Å². The number of hydrogen-bond acceptors (Lipinski definition) is 3. The van der Waals surface area contributed by atoms with Crippen LogP contribution in [0.5, 0.6) is 0 Å². The number of nitrogens with one attached hydrogen (secondary N) is 1. The second-order valence-electron chi connectivity index (χ2n) is 4.56. The van der Waals surface area contributed by atoms with Crippen molar-refractivity contribution < 1.29 is 8.42 Å². The Kier molecular flexibility index (Phi) is 4.84. The fraction of sp³-hybridized carbons (Fsp3) is 0.417. The van der Waals surface area contributed by atoms with Crippen LogP contribution in [0.2, 0.25) is 0 Å². The third kappa shape index (κ3) is 3.76. The van der Waals surface area contributed by atoms with Crippen LogP contribution in [0.3, 0.4) is 0 Å². The molecule has 0 saturated carbocycles. The predicted octanol–water partition coefficient (Wildman–Crippen LogP) is 1.58. The summed E-state index contributed by atoms with van der Waals surface area (Å²) in [5.74, 6) is 0.00252. The number of aryl methyl sites for hydroxylation is 1. The second kappa shape index (κ2) is 5.77. The number of benzene rings is 1. The smallest absolute Gasteiger partial charge is 0.241 e. The molecule has 4 nitrogen and oxygen atoms in total. The van der Waals surface area contributed by atoms with E-state index in [1.54, 1.807) is 24.3 Å². The molecule has 3 N–H and O–H groups in total. The highest BCUT2D eigenvalue weighted by Gasteiger charge is 2.24. The highest BCUT2D eigenvalue weighted by Crippen LogP contribution is 2.12. The fourth-order valence-corrected chi connectivity index (χ4v) is 3.24. The van der Waals surface area contributed by atoms with Gasteiger partial charge in [-0.3, -0.25) is 0 Å². The van der Waals surface area contributed by atoms with Crippen LogP contribution in [0.25, 0.3) is 0 Å². The van der Waals surface area contributed by atoms with E-state index in [0.29, 0.717) is 0 Å². The summed E-state index contributed by atoms with van der Waals surface area (Å²) in [5, 5.41) is 0. The van der Waals surface area contributed by atoms with Crippen LogP contribution in [0.4, 0.5) is 0 Å². The minimum Gasteiger partial charge on any atom is -0.392 e. The molecule has 18 heavy (non-hydrogen) atoms. The summed E-state index contributed by atoms with van der Waals surface area (Å²) < 4.78 is 26.8. The van der Waals surface area contributed by atoms with Gasteiger partial charge < -0.3 is 5.73 Å². The molecule has 0 fully saturated rings. The van der Waals surface area contributed by atoms with Crippen molar-refractivity contribution in [1.29, 1.82) is 0 Å². The number of sulfonamides is 1. The van der Waals surface area contributed by atoms with Gasteiger partial charge in [-0.15, -0.1) is 0 Å². The lowest BCUT2D eigenvalue weighted by Crippen LogP contribution is -2.46. The van der Waals surface area contributed by atoms with Crippen LogP contribution in [0.15, 0.2) is 29.2 Å². The van der Waals surface area contributed by atoms with E-state index in [1.165, 1.54) is 0 Å². The van der Waals surface area contributed by atoms with Crippen LogP contribution in [0, 0.1) is 12.8 Å². The molecule has 1 unspecified atom stereocenters. The Balaban J connectivity index is 3.01. The summed E-state index contributed by atoms with van der Waals surface area (Å²) in [7, 11) is -3.58. The number of rotatable bonds is 5. The molecule has 0 aromatic heterocycles. The van der Waals surface area contributed by atoms with Gasteiger partial charge in [-0.1, -0.05) is 43.8 Å². The zero-order chi connectivity index (χ0) is 13.9. The fourth-order valence-electron chi connectivity index (χ4n) is 1.48. The maximum absolute atomic E-state index is 12.1. The molecule has 1 rings (SSSR count). The molecule has 0 aliphatic heterocycles. The van der Waals surface area contributed by atoms with Gasteiger partial charge in [-0.05, 0) is 25.0 Å². The average molecular weight is 286 g/mol. The largest absolute Gasteiger partial charge is 0.392 e. The first-order valence-electron chi connectivity index (χ1n) is 5.62. The van der Waals surface area contributed by atoms with Gasteiger partial charge in [0.1, 0.15) is 0 Å². The first kappa shape index (κ1) is 15.1. The maximum Gasteiger partial charge on any atom is 0.241 e. The van der Waals surface area contributed by atoms with E-state index in [2.05, 4.69) is 4.72 Å². The molecule has 1 aromatic carbocycles. The highest BCUT2D eigenvalue weighted by atomic mass is 32.2. The Hall–Kier alpha value is -0.980. The molecule has 0 aliphatic rings. The van der Waals surface area contributed by atoms with Gasteiger partial charge in [0.05, 0.1) is 15.9 Å². The molecule has 0 spiro atoms. The topological polar surface area (TPSA) is 72.2 Å². The molecule has 0 heterocycles. The van der Waals surface area contributed by atoms with E-state index >= 15 is 0 Å². The van der Waals surface area contributed by atoms with E-state index in [4.69, 9.17) is 18.0 Å². The standard InChI is InChI=1S/C12H18N2O2S2/c1-8(2)11(12(13)17)14-18(15,16)10-6-4-9(3)5-7-10/h4-8,11,14H,1-3H3,(H2,13,17). The van der Waals surface area contributed by atoms with Gasteiger partial charge in [-0.2, -0.15) is 0 Å². The first-order chi connectivity index (χ1) is 8.24.